The number of carbonyl (C=O) groups is 1. The standard InChI is InChI=1S/2C33H27N2O2.C5H8O2.Ir/c2*1-4-36-26-12-6-22(7-13-26)24-10-16-28-30(18-24)31-19-25(23-8-14-27(15-9-23)37-5-2)11-17-29(31)33-32(28)34-20-21(3)35-33;1-4(6)3-5(2)7;/h2*6-15,17-20H,4-5H2,1-3H3;3,6H,1-2H3;/q2*-1;;. The minimum Gasteiger partial charge on any atom is -0.512 e. The Morgan fingerprint density at radius 3 is 1.02 bits per heavy atom. The number of fused-ring (bicyclic) bond motifs is 12. The number of nitrogens with zero attached hydrogens (tertiary/aromatic N) is 4. The molecule has 0 aliphatic rings. The van der Waals surface area contributed by atoms with Gasteiger partial charge in [-0.1, -0.05) is 129 Å². The van der Waals surface area contributed by atoms with Gasteiger partial charge in [0.15, 0.2) is 5.78 Å². The second-order valence-electron chi connectivity index (χ2n) is 19.5. The molecular formula is C71H62IrN4O6-2. The molecule has 0 aliphatic heterocycles. The van der Waals surface area contributed by atoms with E-state index in [1.54, 1.807) is 0 Å². The number of aryl methyl sites for hydroxylation is 2. The maximum absolute atomic E-state index is 10.0. The summed E-state index contributed by atoms with van der Waals surface area (Å²) in [6, 6.07) is 61.8. The molecule has 2 aromatic heterocycles. The predicted molar refractivity (Wildman–Crippen MR) is 330 cm³/mol. The van der Waals surface area contributed by atoms with Crippen molar-refractivity contribution >= 4 is 70.9 Å². The second kappa shape index (κ2) is 26.1. The molecule has 0 spiro atoms. The first-order chi connectivity index (χ1) is 39.4. The monoisotopic (exact) mass is 1260 g/mol. The summed E-state index contributed by atoms with van der Waals surface area (Å²) in [7, 11) is 0. The molecule has 11 heteroatoms. The molecule has 0 unspecified atom stereocenters. The zero-order valence-corrected chi connectivity index (χ0v) is 49.6. The van der Waals surface area contributed by atoms with Crippen LogP contribution in [0.3, 0.4) is 0 Å². The van der Waals surface area contributed by atoms with Crippen LogP contribution >= 0.6 is 0 Å². The van der Waals surface area contributed by atoms with Crippen molar-refractivity contribution in [2.45, 2.75) is 55.4 Å². The van der Waals surface area contributed by atoms with Gasteiger partial charge < -0.3 is 34.0 Å². The Balaban J connectivity index is 0.000000175. The third-order valence-electron chi connectivity index (χ3n) is 13.7. The van der Waals surface area contributed by atoms with Crippen molar-refractivity contribution in [3.05, 3.63) is 205 Å². The Morgan fingerprint density at radius 2 is 0.732 bits per heavy atom. The molecule has 2 heterocycles. The Morgan fingerprint density at radius 1 is 0.427 bits per heavy atom. The van der Waals surface area contributed by atoms with Crippen molar-refractivity contribution < 1.29 is 49.0 Å². The summed E-state index contributed by atoms with van der Waals surface area (Å²) in [6.45, 7) is 17.4. The van der Waals surface area contributed by atoms with Gasteiger partial charge >= 0.3 is 0 Å². The van der Waals surface area contributed by atoms with Crippen molar-refractivity contribution in [3.63, 3.8) is 0 Å². The van der Waals surface area contributed by atoms with E-state index in [0.29, 0.717) is 26.4 Å². The van der Waals surface area contributed by atoms with Crippen LogP contribution in [0.4, 0.5) is 0 Å². The predicted octanol–water partition coefficient (Wildman–Crippen LogP) is 17.4. The number of carbonyl (C=O) groups excluding carboxylic acids is 1. The van der Waals surface area contributed by atoms with E-state index in [1.807, 2.05) is 115 Å². The normalized spacial score (nSPS) is 11.2. The molecule has 10 nitrogen and oxygen atoms in total. The van der Waals surface area contributed by atoms with Crippen LogP contribution in [0.5, 0.6) is 23.0 Å². The van der Waals surface area contributed by atoms with E-state index in [-0.39, 0.29) is 31.6 Å². The van der Waals surface area contributed by atoms with Crippen LogP contribution in [0.15, 0.2) is 182 Å². The summed E-state index contributed by atoms with van der Waals surface area (Å²) in [4.78, 5) is 29.3. The number of hydrogen-bond donors (Lipinski definition) is 1. The first-order valence-electron chi connectivity index (χ1n) is 27.3. The fourth-order valence-corrected chi connectivity index (χ4v) is 10.1. The summed E-state index contributed by atoms with van der Waals surface area (Å²) in [5.74, 6) is 3.44. The molecule has 12 aromatic rings. The van der Waals surface area contributed by atoms with Crippen molar-refractivity contribution in [3.8, 4) is 67.5 Å². The second-order valence-corrected chi connectivity index (χ2v) is 19.5. The van der Waals surface area contributed by atoms with Crippen LogP contribution in [0.25, 0.3) is 110 Å². The van der Waals surface area contributed by atoms with Gasteiger partial charge in [0.05, 0.1) is 54.6 Å². The summed E-state index contributed by atoms with van der Waals surface area (Å²) in [6.07, 6.45) is 4.83. The van der Waals surface area contributed by atoms with Crippen molar-refractivity contribution in [1.82, 2.24) is 19.9 Å². The Hall–Kier alpha value is -9.02. The Bertz CT molecular complexity index is 4010. The van der Waals surface area contributed by atoms with E-state index in [1.165, 1.54) is 19.9 Å². The van der Waals surface area contributed by atoms with Crippen LogP contribution < -0.4 is 18.9 Å². The number of benzene rings is 10. The van der Waals surface area contributed by atoms with Gasteiger partial charge in [-0.3, -0.25) is 14.8 Å². The third-order valence-corrected chi connectivity index (χ3v) is 13.7. The fourth-order valence-electron chi connectivity index (χ4n) is 10.1. The van der Waals surface area contributed by atoms with Gasteiger partial charge in [0.1, 0.15) is 23.0 Å². The van der Waals surface area contributed by atoms with Gasteiger partial charge in [-0.2, -0.15) is 0 Å². The summed E-state index contributed by atoms with van der Waals surface area (Å²) < 4.78 is 22.5. The first-order valence-corrected chi connectivity index (χ1v) is 27.3. The third kappa shape index (κ3) is 12.8. The fraction of sp³-hybridized carbons (Fsp3) is 0.169. The maximum Gasteiger partial charge on any atom is 0.155 e. The Kier molecular flexibility index (Phi) is 18.3. The number of aliphatic hydroxyl groups is 1. The first kappa shape index (κ1) is 57.7. The van der Waals surface area contributed by atoms with Crippen LogP contribution in [0.2, 0.25) is 0 Å². The number of rotatable bonds is 13. The number of ketones is 1. The topological polar surface area (TPSA) is 126 Å². The SMILES string of the molecule is CC(=O)C=C(C)O.CCOc1ccc(-c2c[c-]c3c(c2)c2cc(-c4ccc(OCC)cc4)ccc2c2nc(C)cnc32)cc1.CCOc1ccc(-c2c[c-]c3c(c2)c2cc(-c4ccc(OCC)cc4)ccc2c2nc(C)cnc32)cc1.[Ir]. The molecule has 1 radical (unpaired) electrons. The smallest absolute Gasteiger partial charge is 0.155 e. The minimum absolute atomic E-state index is 0. The molecule has 10 aromatic carbocycles. The van der Waals surface area contributed by atoms with Crippen LogP contribution in [0, 0.1) is 26.0 Å². The molecule has 413 valence electrons. The maximum atomic E-state index is 10.0. The molecule has 0 saturated carbocycles. The quantitative estimate of drug-likeness (QED) is 0.0516. The zero-order chi connectivity index (χ0) is 56.6. The number of allylic oxidation sites excluding steroid dienone is 2. The molecule has 0 bridgehead atoms. The largest absolute Gasteiger partial charge is 0.512 e. The number of ether oxygens (including phenoxy) is 4. The van der Waals surface area contributed by atoms with E-state index in [0.717, 1.165) is 144 Å². The van der Waals surface area contributed by atoms with Crippen molar-refractivity contribution in [1.29, 1.82) is 0 Å². The molecule has 0 atom stereocenters. The van der Waals surface area contributed by atoms with Gasteiger partial charge in [0, 0.05) is 49.6 Å². The van der Waals surface area contributed by atoms with Crippen molar-refractivity contribution in [2.75, 3.05) is 26.4 Å². The van der Waals surface area contributed by atoms with Crippen molar-refractivity contribution in [2.24, 2.45) is 0 Å². The molecule has 0 saturated heterocycles. The number of hydrogen-bond acceptors (Lipinski definition) is 10. The van der Waals surface area contributed by atoms with Crippen LogP contribution in [-0.2, 0) is 24.9 Å². The molecule has 82 heavy (non-hydrogen) atoms. The summed E-state index contributed by atoms with van der Waals surface area (Å²) in [5.41, 5.74) is 14.4. The number of aromatic nitrogens is 4. The summed E-state index contributed by atoms with van der Waals surface area (Å²) >= 11 is 0. The average molecular weight is 1260 g/mol. The van der Waals surface area contributed by atoms with E-state index in [9.17, 15) is 4.79 Å². The van der Waals surface area contributed by atoms with Gasteiger partial charge in [0.2, 0.25) is 0 Å². The minimum atomic E-state index is -0.125. The van der Waals surface area contributed by atoms with Gasteiger partial charge in [-0.25, -0.2) is 0 Å². The Labute approximate surface area is 491 Å². The van der Waals surface area contributed by atoms with Crippen LogP contribution in [-0.4, -0.2) is 57.3 Å². The molecule has 12 rings (SSSR count). The molecular weight excluding hydrogens is 1200 g/mol. The molecule has 0 amide bonds. The van der Waals surface area contributed by atoms with E-state index < -0.39 is 0 Å². The van der Waals surface area contributed by atoms with E-state index >= 15 is 0 Å². The van der Waals surface area contributed by atoms with Crippen LogP contribution in [0.1, 0.15) is 52.9 Å². The molecule has 1 N–H and O–H groups in total. The van der Waals surface area contributed by atoms with Gasteiger partial charge in [-0.15, -0.1) is 47.2 Å². The zero-order valence-electron chi connectivity index (χ0n) is 47.2. The summed E-state index contributed by atoms with van der Waals surface area (Å²) in [5, 5.41) is 17.0. The van der Waals surface area contributed by atoms with E-state index in [4.69, 9.17) is 44.0 Å². The van der Waals surface area contributed by atoms with E-state index in [2.05, 4.69) is 109 Å². The van der Waals surface area contributed by atoms with Gasteiger partial charge in [-0.05, 0) is 137 Å². The molecule has 0 aliphatic carbocycles. The molecule has 0 fully saturated rings. The number of aliphatic hydroxyl groups excluding tert-OH is 1. The average Bonchev–Trinajstić information content (AvgIpc) is 3.38. The van der Waals surface area contributed by atoms with Gasteiger partial charge in [0.25, 0.3) is 0 Å².